The van der Waals surface area contributed by atoms with Gasteiger partial charge in [0.2, 0.25) is 0 Å². The number of nitrogens with zero attached hydrogens (tertiary/aromatic N) is 1. The summed E-state index contributed by atoms with van der Waals surface area (Å²) in [5.74, 6) is 1.70. The van der Waals surface area contributed by atoms with Crippen LogP contribution in [0.5, 0.6) is 0 Å². The molecule has 2 heteroatoms. The highest BCUT2D eigenvalue weighted by atomic mass is 15.1. The zero-order valence-corrected chi connectivity index (χ0v) is 9.13. The van der Waals surface area contributed by atoms with Gasteiger partial charge in [-0.25, -0.2) is 0 Å². The van der Waals surface area contributed by atoms with Crippen LogP contribution >= 0.6 is 0 Å². The van der Waals surface area contributed by atoms with Crippen LogP contribution in [0, 0.1) is 11.8 Å². The maximum Gasteiger partial charge on any atom is -0.00191 e. The number of likely N-dealkylation sites (tertiary alicyclic amines) is 1. The predicted octanol–water partition coefficient (Wildman–Crippen LogP) is 1.70. The molecule has 1 aliphatic heterocycles. The van der Waals surface area contributed by atoms with E-state index in [1.165, 1.54) is 38.8 Å². The molecule has 0 bridgehead atoms. The van der Waals surface area contributed by atoms with Crippen LogP contribution in [0.15, 0.2) is 0 Å². The molecule has 1 saturated heterocycles. The first-order chi connectivity index (χ1) is 6.22. The van der Waals surface area contributed by atoms with Gasteiger partial charge in [-0.1, -0.05) is 13.3 Å². The molecule has 2 N–H and O–H groups in total. The molecule has 1 fully saturated rings. The van der Waals surface area contributed by atoms with E-state index in [4.69, 9.17) is 5.73 Å². The number of rotatable bonds is 4. The minimum absolute atomic E-state index is 0.722. The van der Waals surface area contributed by atoms with Crippen molar-refractivity contribution in [3.05, 3.63) is 0 Å². The molecule has 0 aromatic carbocycles. The van der Waals surface area contributed by atoms with Crippen LogP contribution in [0.3, 0.4) is 0 Å². The van der Waals surface area contributed by atoms with Gasteiger partial charge in [0.1, 0.15) is 0 Å². The lowest BCUT2D eigenvalue weighted by Gasteiger charge is -2.29. The molecule has 0 spiro atoms. The summed E-state index contributed by atoms with van der Waals surface area (Å²) in [6, 6.07) is 0. The smallest absolute Gasteiger partial charge is 0.00191 e. The second kappa shape index (κ2) is 5.61. The number of hydrogen-bond acceptors (Lipinski definition) is 2. The molecule has 1 heterocycles. The summed E-state index contributed by atoms with van der Waals surface area (Å²) < 4.78 is 0. The van der Waals surface area contributed by atoms with E-state index >= 15 is 0 Å². The molecule has 1 unspecified atom stereocenters. The second-order valence-corrected chi connectivity index (χ2v) is 4.66. The van der Waals surface area contributed by atoms with Crippen molar-refractivity contribution in [2.24, 2.45) is 17.6 Å². The molecule has 0 amide bonds. The maximum absolute atomic E-state index is 5.60. The van der Waals surface area contributed by atoms with Crippen molar-refractivity contribution in [1.29, 1.82) is 0 Å². The van der Waals surface area contributed by atoms with Crippen molar-refractivity contribution in [3.8, 4) is 0 Å². The average molecular weight is 184 g/mol. The van der Waals surface area contributed by atoms with E-state index in [9.17, 15) is 0 Å². The minimum Gasteiger partial charge on any atom is -0.330 e. The molecule has 0 radical (unpaired) electrons. The van der Waals surface area contributed by atoms with Gasteiger partial charge >= 0.3 is 0 Å². The molecule has 2 nitrogen and oxygen atoms in total. The fourth-order valence-electron chi connectivity index (χ4n) is 1.99. The first-order valence-electron chi connectivity index (χ1n) is 5.61. The van der Waals surface area contributed by atoms with E-state index in [-0.39, 0.29) is 0 Å². The third-order valence-electron chi connectivity index (χ3n) is 3.31. The van der Waals surface area contributed by atoms with E-state index in [1.54, 1.807) is 0 Å². The van der Waals surface area contributed by atoms with Crippen molar-refractivity contribution in [3.63, 3.8) is 0 Å². The van der Waals surface area contributed by atoms with Crippen LogP contribution in [0.2, 0.25) is 0 Å². The molecular weight excluding hydrogens is 160 g/mol. The third kappa shape index (κ3) is 4.10. The highest BCUT2D eigenvalue weighted by Gasteiger charge is 2.16. The summed E-state index contributed by atoms with van der Waals surface area (Å²) in [7, 11) is 2.22. The van der Waals surface area contributed by atoms with E-state index < -0.39 is 0 Å². The highest BCUT2D eigenvalue weighted by molar-refractivity contribution is 4.70. The van der Waals surface area contributed by atoms with Crippen molar-refractivity contribution in [1.82, 2.24) is 4.90 Å². The van der Waals surface area contributed by atoms with Gasteiger partial charge in [-0.3, -0.25) is 0 Å². The zero-order chi connectivity index (χ0) is 9.68. The number of hydrogen-bond donors (Lipinski definition) is 1. The first-order valence-corrected chi connectivity index (χ1v) is 5.61. The van der Waals surface area contributed by atoms with Gasteiger partial charge in [-0.15, -0.1) is 0 Å². The summed E-state index contributed by atoms with van der Waals surface area (Å²) in [6.45, 7) is 5.70. The van der Waals surface area contributed by atoms with Crippen LogP contribution in [0.25, 0.3) is 0 Å². The Bertz CT molecular complexity index is 128. The van der Waals surface area contributed by atoms with E-state index in [2.05, 4.69) is 18.9 Å². The van der Waals surface area contributed by atoms with Crippen LogP contribution in [0.1, 0.15) is 32.6 Å². The summed E-state index contributed by atoms with van der Waals surface area (Å²) in [6.07, 6.45) is 5.51. The highest BCUT2D eigenvalue weighted by Crippen LogP contribution is 2.22. The Morgan fingerprint density at radius 2 is 2.00 bits per heavy atom. The van der Waals surface area contributed by atoms with Crippen molar-refractivity contribution < 1.29 is 0 Å². The number of piperidine rings is 1. The van der Waals surface area contributed by atoms with Gasteiger partial charge in [0, 0.05) is 0 Å². The molecule has 13 heavy (non-hydrogen) atoms. The summed E-state index contributed by atoms with van der Waals surface area (Å²) >= 11 is 0. The third-order valence-corrected chi connectivity index (χ3v) is 3.31. The SMILES string of the molecule is CC(CN)CCC1CCN(C)CC1. The molecule has 0 aromatic rings. The monoisotopic (exact) mass is 184 g/mol. The van der Waals surface area contributed by atoms with Gasteiger partial charge in [-0.05, 0) is 57.8 Å². The zero-order valence-electron chi connectivity index (χ0n) is 9.13. The Balaban J connectivity index is 2.08. The Morgan fingerprint density at radius 3 is 2.54 bits per heavy atom. The number of nitrogens with two attached hydrogens (primary N) is 1. The average Bonchev–Trinajstić information content (AvgIpc) is 2.16. The fraction of sp³-hybridized carbons (Fsp3) is 1.00. The molecule has 1 aliphatic rings. The van der Waals surface area contributed by atoms with E-state index in [1.807, 2.05) is 0 Å². The molecule has 78 valence electrons. The van der Waals surface area contributed by atoms with Crippen molar-refractivity contribution in [2.75, 3.05) is 26.7 Å². The quantitative estimate of drug-likeness (QED) is 0.720. The largest absolute Gasteiger partial charge is 0.330 e. The van der Waals surface area contributed by atoms with Gasteiger partial charge in [-0.2, -0.15) is 0 Å². The van der Waals surface area contributed by atoms with Gasteiger partial charge in [0.05, 0.1) is 0 Å². The minimum atomic E-state index is 0.722. The van der Waals surface area contributed by atoms with Gasteiger partial charge < -0.3 is 10.6 Å². The lowest BCUT2D eigenvalue weighted by atomic mass is 9.89. The normalized spacial score (nSPS) is 23.3. The van der Waals surface area contributed by atoms with E-state index in [0.29, 0.717) is 0 Å². The molecule has 1 rings (SSSR count). The summed E-state index contributed by atoms with van der Waals surface area (Å²) in [4.78, 5) is 2.43. The standard InChI is InChI=1S/C11H24N2/c1-10(9-12)3-4-11-5-7-13(2)8-6-11/h10-11H,3-9,12H2,1-2H3. The molecular formula is C11H24N2. The van der Waals surface area contributed by atoms with Crippen LogP contribution in [0.4, 0.5) is 0 Å². The van der Waals surface area contributed by atoms with Crippen LogP contribution < -0.4 is 5.73 Å². The van der Waals surface area contributed by atoms with Gasteiger partial charge in [0.25, 0.3) is 0 Å². The topological polar surface area (TPSA) is 29.3 Å². The Kier molecular flexibility index (Phi) is 4.74. The van der Waals surface area contributed by atoms with Crippen LogP contribution in [-0.4, -0.2) is 31.6 Å². The summed E-state index contributed by atoms with van der Waals surface area (Å²) in [5.41, 5.74) is 5.60. The first kappa shape index (κ1) is 11.0. The lowest BCUT2D eigenvalue weighted by Crippen LogP contribution is -2.30. The molecule has 1 atom stereocenters. The predicted molar refractivity (Wildman–Crippen MR) is 57.7 cm³/mol. The second-order valence-electron chi connectivity index (χ2n) is 4.66. The Labute approximate surface area is 82.5 Å². The van der Waals surface area contributed by atoms with Crippen molar-refractivity contribution in [2.45, 2.75) is 32.6 Å². The lowest BCUT2D eigenvalue weighted by molar-refractivity contribution is 0.205. The van der Waals surface area contributed by atoms with Crippen molar-refractivity contribution >= 4 is 0 Å². The van der Waals surface area contributed by atoms with Gasteiger partial charge in [0.15, 0.2) is 0 Å². The fourth-order valence-corrected chi connectivity index (χ4v) is 1.99. The molecule has 0 aromatic heterocycles. The molecule has 0 aliphatic carbocycles. The maximum atomic E-state index is 5.60. The summed E-state index contributed by atoms with van der Waals surface area (Å²) in [5, 5.41) is 0. The van der Waals surface area contributed by atoms with Crippen LogP contribution in [-0.2, 0) is 0 Å². The van der Waals surface area contributed by atoms with E-state index in [0.717, 1.165) is 18.4 Å². The molecule has 0 saturated carbocycles. The Hall–Kier alpha value is -0.0800. The Morgan fingerprint density at radius 1 is 1.38 bits per heavy atom.